The number of alkyl halides is 3. The molecule has 0 aliphatic heterocycles. The van der Waals surface area contributed by atoms with Gasteiger partial charge in [-0.05, 0) is 32.9 Å². The second-order valence-electron chi connectivity index (χ2n) is 6.36. The number of amides is 1. The number of ether oxygens (including phenoxy) is 1. The molecule has 0 aliphatic rings. The van der Waals surface area contributed by atoms with E-state index in [-0.39, 0.29) is 16.0 Å². The van der Waals surface area contributed by atoms with Gasteiger partial charge in [0, 0.05) is 6.07 Å². The third kappa shape index (κ3) is 6.57. The van der Waals surface area contributed by atoms with Gasteiger partial charge in [-0.3, -0.25) is 15.0 Å². The quantitative estimate of drug-likeness (QED) is 0.619. The van der Waals surface area contributed by atoms with Crippen LogP contribution in [0.4, 0.5) is 23.7 Å². The van der Waals surface area contributed by atoms with Crippen molar-refractivity contribution in [3.63, 3.8) is 0 Å². The molecule has 0 heterocycles. The van der Waals surface area contributed by atoms with Gasteiger partial charge in [0.15, 0.2) is 0 Å². The van der Waals surface area contributed by atoms with Gasteiger partial charge in [0.25, 0.3) is 5.69 Å². The molecule has 0 saturated heterocycles. The molecular formula is C15H17F3N2O6. The Morgan fingerprint density at radius 1 is 1.27 bits per heavy atom. The molecule has 1 amide bonds. The highest BCUT2D eigenvalue weighted by Gasteiger charge is 2.36. The average Bonchev–Trinajstić information content (AvgIpc) is 2.42. The number of hydrogen-bond acceptors (Lipinski definition) is 5. The maximum absolute atomic E-state index is 12.8. The Kier molecular flexibility index (Phi) is 6.18. The molecule has 0 aromatic heterocycles. The van der Waals surface area contributed by atoms with Gasteiger partial charge >= 0.3 is 18.2 Å². The maximum Gasteiger partial charge on any atom is 0.410 e. The highest BCUT2D eigenvalue weighted by Crippen LogP contribution is 2.25. The van der Waals surface area contributed by atoms with Gasteiger partial charge in [-0.15, -0.1) is 0 Å². The number of carboxylic acids is 1. The summed E-state index contributed by atoms with van der Waals surface area (Å²) in [5, 5.41) is 20.0. The largest absolute Gasteiger partial charge is 0.478 e. The lowest BCUT2D eigenvalue weighted by Crippen LogP contribution is -2.41. The number of benzene rings is 1. The third-order valence-electron chi connectivity index (χ3n) is 2.91. The number of hydrogen-bond donors (Lipinski definition) is 1. The van der Waals surface area contributed by atoms with Crippen LogP contribution in [0.5, 0.6) is 0 Å². The Morgan fingerprint density at radius 2 is 1.85 bits per heavy atom. The van der Waals surface area contributed by atoms with Gasteiger partial charge in [0.1, 0.15) is 12.1 Å². The molecule has 26 heavy (non-hydrogen) atoms. The molecule has 0 atom stereocenters. The molecule has 8 nitrogen and oxygen atoms in total. The van der Waals surface area contributed by atoms with E-state index in [1.54, 1.807) is 0 Å². The lowest BCUT2D eigenvalue weighted by molar-refractivity contribution is -0.385. The Morgan fingerprint density at radius 3 is 2.27 bits per heavy atom. The van der Waals surface area contributed by atoms with Crippen LogP contribution < -0.4 is 0 Å². The molecule has 0 radical (unpaired) electrons. The number of nitro groups is 1. The average molecular weight is 378 g/mol. The monoisotopic (exact) mass is 378 g/mol. The number of carbonyl (C=O) groups is 2. The number of carboxylic acid groups (broad SMARTS) is 1. The minimum Gasteiger partial charge on any atom is -0.478 e. The Balaban J connectivity index is 3.28. The van der Waals surface area contributed by atoms with Crippen molar-refractivity contribution in [2.24, 2.45) is 0 Å². The standard InChI is InChI=1S/C15H17F3N2O6/c1-14(2,3)26-13(23)19(8-15(16,17)18)7-10-6-9(12(21)22)4-5-11(10)20(24)25/h4-6H,7-8H2,1-3H3,(H,21,22). The highest BCUT2D eigenvalue weighted by atomic mass is 19.4. The maximum atomic E-state index is 12.8. The van der Waals surface area contributed by atoms with Crippen molar-refractivity contribution in [3.8, 4) is 0 Å². The lowest BCUT2D eigenvalue weighted by atomic mass is 10.1. The number of nitrogens with zero attached hydrogens (tertiary/aromatic N) is 2. The van der Waals surface area contributed by atoms with Crippen LogP contribution in [0.15, 0.2) is 18.2 Å². The molecule has 0 bridgehead atoms. The minimum absolute atomic E-state index is 0.235. The fraction of sp³-hybridized carbons (Fsp3) is 0.467. The van der Waals surface area contributed by atoms with E-state index in [0.29, 0.717) is 0 Å². The summed E-state index contributed by atoms with van der Waals surface area (Å²) in [7, 11) is 0. The smallest absolute Gasteiger partial charge is 0.410 e. The van der Waals surface area contributed by atoms with E-state index in [1.807, 2.05) is 0 Å². The molecule has 1 aromatic carbocycles. The van der Waals surface area contributed by atoms with Crippen LogP contribution in [0.3, 0.4) is 0 Å². The lowest BCUT2D eigenvalue weighted by Gasteiger charge is -2.28. The number of carbonyl (C=O) groups excluding carboxylic acids is 1. The van der Waals surface area contributed by atoms with Crippen LogP contribution in [0.25, 0.3) is 0 Å². The van der Waals surface area contributed by atoms with Crippen molar-refractivity contribution in [2.45, 2.75) is 39.1 Å². The Labute approximate surface area is 146 Å². The SMILES string of the molecule is CC(C)(C)OC(=O)N(Cc1cc(C(=O)O)ccc1[N+](=O)[O-])CC(F)(F)F. The van der Waals surface area contributed by atoms with Gasteiger partial charge in [-0.1, -0.05) is 0 Å². The van der Waals surface area contributed by atoms with Crippen LogP contribution in [0, 0.1) is 10.1 Å². The summed E-state index contributed by atoms with van der Waals surface area (Å²) in [5.74, 6) is -1.42. The third-order valence-corrected chi connectivity index (χ3v) is 2.91. The number of rotatable bonds is 5. The topological polar surface area (TPSA) is 110 Å². The molecule has 1 aromatic rings. The van der Waals surface area contributed by atoms with Gasteiger partial charge in [0.05, 0.1) is 22.6 Å². The highest BCUT2D eigenvalue weighted by molar-refractivity contribution is 5.88. The molecule has 0 saturated carbocycles. The number of halogens is 3. The van der Waals surface area contributed by atoms with Crippen molar-refractivity contribution < 1.29 is 37.5 Å². The summed E-state index contributed by atoms with van der Waals surface area (Å²) >= 11 is 0. The summed E-state index contributed by atoms with van der Waals surface area (Å²) < 4.78 is 43.3. The van der Waals surface area contributed by atoms with E-state index in [1.165, 1.54) is 20.8 Å². The summed E-state index contributed by atoms with van der Waals surface area (Å²) in [4.78, 5) is 33.5. The van der Waals surface area contributed by atoms with E-state index in [0.717, 1.165) is 18.2 Å². The van der Waals surface area contributed by atoms with E-state index in [9.17, 15) is 32.9 Å². The number of aromatic carboxylic acids is 1. The fourth-order valence-corrected chi connectivity index (χ4v) is 1.96. The Bertz CT molecular complexity index is 712. The summed E-state index contributed by atoms with van der Waals surface area (Å²) in [6, 6.07) is 2.67. The van der Waals surface area contributed by atoms with Crippen molar-refractivity contribution >= 4 is 17.7 Å². The first kappa shape index (κ1) is 21.2. The van der Waals surface area contributed by atoms with Gasteiger partial charge in [0.2, 0.25) is 0 Å². The van der Waals surface area contributed by atoms with Crippen molar-refractivity contribution in [1.82, 2.24) is 4.90 Å². The van der Waals surface area contributed by atoms with Crippen molar-refractivity contribution in [1.29, 1.82) is 0 Å². The second kappa shape index (κ2) is 7.58. The molecule has 1 rings (SSSR count). The normalized spacial score (nSPS) is 11.8. The molecule has 0 fully saturated rings. The van der Waals surface area contributed by atoms with Crippen LogP contribution >= 0.6 is 0 Å². The predicted molar refractivity (Wildman–Crippen MR) is 82.8 cm³/mol. The van der Waals surface area contributed by atoms with Crippen LogP contribution in [0.1, 0.15) is 36.7 Å². The summed E-state index contributed by atoms with van der Waals surface area (Å²) in [6.45, 7) is 1.79. The Hall–Kier alpha value is -2.85. The molecule has 0 unspecified atom stereocenters. The molecular weight excluding hydrogens is 361 g/mol. The predicted octanol–water partition coefficient (Wildman–Crippen LogP) is 3.59. The molecule has 1 N–H and O–H groups in total. The van der Waals surface area contributed by atoms with Gasteiger partial charge < -0.3 is 9.84 Å². The molecule has 11 heteroatoms. The summed E-state index contributed by atoms with van der Waals surface area (Å²) in [5.41, 5.74) is -2.41. The first-order chi connectivity index (χ1) is 11.7. The molecule has 0 aliphatic carbocycles. The summed E-state index contributed by atoms with van der Waals surface area (Å²) in [6.07, 6.45) is -6.11. The zero-order valence-electron chi connectivity index (χ0n) is 14.2. The second-order valence-corrected chi connectivity index (χ2v) is 6.36. The van der Waals surface area contributed by atoms with E-state index in [2.05, 4.69) is 0 Å². The fourth-order valence-electron chi connectivity index (χ4n) is 1.96. The molecule has 0 spiro atoms. The first-order valence-corrected chi connectivity index (χ1v) is 7.25. The zero-order valence-corrected chi connectivity index (χ0v) is 14.2. The molecule has 144 valence electrons. The van der Waals surface area contributed by atoms with Crippen LogP contribution in [-0.2, 0) is 11.3 Å². The zero-order chi connectivity index (χ0) is 20.3. The van der Waals surface area contributed by atoms with E-state index >= 15 is 0 Å². The minimum atomic E-state index is -4.78. The van der Waals surface area contributed by atoms with Gasteiger partial charge in [-0.2, -0.15) is 13.2 Å². The number of nitro benzene ring substituents is 1. The van der Waals surface area contributed by atoms with E-state index in [4.69, 9.17) is 9.84 Å². The van der Waals surface area contributed by atoms with Crippen molar-refractivity contribution in [2.75, 3.05) is 6.54 Å². The van der Waals surface area contributed by atoms with Crippen LogP contribution in [0.2, 0.25) is 0 Å². The van der Waals surface area contributed by atoms with Crippen LogP contribution in [-0.4, -0.2) is 45.3 Å². The van der Waals surface area contributed by atoms with E-state index < -0.39 is 47.5 Å². The van der Waals surface area contributed by atoms with Gasteiger partial charge in [-0.25, -0.2) is 9.59 Å². The van der Waals surface area contributed by atoms with Crippen molar-refractivity contribution in [3.05, 3.63) is 39.4 Å². The first-order valence-electron chi connectivity index (χ1n) is 7.25.